The Kier molecular flexibility index (Phi) is 11.0. The fraction of sp³-hybridized carbons (Fsp3) is 0.276. The van der Waals surface area contributed by atoms with Gasteiger partial charge >= 0.3 is 12.1 Å². The summed E-state index contributed by atoms with van der Waals surface area (Å²) in [5.41, 5.74) is 7.90. The Labute approximate surface area is 257 Å². The summed E-state index contributed by atoms with van der Waals surface area (Å²) in [4.78, 5) is 27.1. The van der Waals surface area contributed by atoms with Gasteiger partial charge in [-0.3, -0.25) is 15.6 Å². The molecule has 0 aliphatic rings. The molecular formula is C29H32F3N5O7S. The molecule has 0 saturated carbocycles. The van der Waals surface area contributed by atoms with Crippen LogP contribution in [-0.2, 0) is 19.6 Å². The van der Waals surface area contributed by atoms with Gasteiger partial charge in [0.25, 0.3) is 15.9 Å². The van der Waals surface area contributed by atoms with E-state index in [0.29, 0.717) is 11.3 Å². The molecule has 3 aromatic carbocycles. The van der Waals surface area contributed by atoms with E-state index in [1.807, 2.05) is 4.83 Å². The van der Waals surface area contributed by atoms with Crippen LogP contribution >= 0.6 is 0 Å². The number of esters is 1. The van der Waals surface area contributed by atoms with Gasteiger partial charge in [0.05, 0.1) is 23.2 Å². The number of amidine groups is 1. The van der Waals surface area contributed by atoms with Gasteiger partial charge in [-0.25, -0.2) is 13.2 Å². The Hall–Kier alpha value is -4.83. The number of carbonyl (C=O) groups is 2. The molecule has 16 heteroatoms. The number of hydrogen-bond donors (Lipinski definition) is 5. The van der Waals surface area contributed by atoms with E-state index in [1.54, 1.807) is 39.8 Å². The summed E-state index contributed by atoms with van der Waals surface area (Å²) in [6.07, 6.45) is -5.57. The molecule has 45 heavy (non-hydrogen) atoms. The zero-order valence-corrected chi connectivity index (χ0v) is 25.4. The van der Waals surface area contributed by atoms with Crippen molar-refractivity contribution in [2.75, 3.05) is 11.9 Å². The summed E-state index contributed by atoms with van der Waals surface area (Å²) in [5, 5.41) is 10.5. The van der Waals surface area contributed by atoms with E-state index < -0.39 is 45.7 Å². The topological polar surface area (TPSA) is 182 Å². The molecule has 1 amide bonds. The van der Waals surface area contributed by atoms with E-state index in [1.165, 1.54) is 36.4 Å². The molecule has 0 spiro atoms. The number of nitrogens with one attached hydrogen (secondary N) is 4. The lowest BCUT2D eigenvalue weighted by Gasteiger charge is -2.23. The van der Waals surface area contributed by atoms with Crippen molar-refractivity contribution in [1.29, 1.82) is 5.41 Å². The number of sulfonamides is 1. The number of nitrogen functional groups attached to an aromatic ring is 1. The Balaban J connectivity index is 2.04. The van der Waals surface area contributed by atoms with Crippen LogP contribution < -0.4 is 35.5 Å². The quantitative estimate of drug-likeness (QED) is 0.0598. The van der Waals surface area contributed by atoms with Crippen LogP contribution in [0.4, 0.5) is 18.9 Å². The van der Waals surface area contributed by atoms with E-state index in [-0.39, 0.29) is 40.2 Å². The highest BCUT2D eigenvalue weighted by Gasteiger charge is 2.42. The molecule has 0 heterocycles. The number of hydrogen-bond acceptors (Lipinski definition) is 9. The molecule has 1 unspecified atom stereocenters. The molecule has 0 radical (unpaired) electrons. The van der Waals surface area contributed by atoms with Gasteiger partial charge in [-0.2, -0.15) is 13.2 Å². The summed E-state index contributed by atoms with van der Waals surface area (Å²) in [5.74, 6) is -4.25. The molecule has 0 bridgehead atoms. The maximum Gasteiger partial charge on any atom is 0.491 e. The van der Waals surface area contributed by atoms with Crippen LogP contribution in [0, 0.1) is 12.3 Å². The van der Waals surface area contributed by atoms with Gasteiger partial charge in [-0.15, -0.1) is 4.83 Å². The molecule has 0 aliphatic heterocycles. The number of aryl methyl sites for hydroxylation is 1. The first-order chi connectivity index (χ1) is 21.0. The number of halogens is 3. The third-order valence-electron chi connectivity index (χ3n) is 5.93. The van der Waals surface area contributed by atoms with Gasteiger partial charge in [-0.05, 0) is 69.2 Å². The van der Waals surface area contributed by atoms with Crippen molar-refractivity contribution in [3.8, 4) is 17.2 Å². The fourth-order valence-corrected chi connectivity index (χ4v) is 5.06. The monoisotopic (exact) mass is 651 g/mol. The minimum absolute atomic E-state index is 0.0487. The number of hydrazine groups is 1. The Morgan fingerprint density at radius 2 is 1.69 bits per heavy atom. The van der Waals surface area contributed by atoms with Crippen molar-refractivity contribution >= 4 is 33.4 Å². The molecule has 3 aromatic rings. The number of anilines is 1. The summed E-state index contributed by atoms with van der Waals surface area (Å²) in [7, 11) is -4.22. The number of rotatable bonds is 13. The summed E-state index contributed by atoms with van der Waals surface area (Å²) in [6, 6.07) is 12.5. The summed E-state index contributed by atoms with van der Waals surface area (Å²) >= 11 is 0. The van der Waals surface area contributed by atoms with Crippen LogP contribution in [0.2, 0.25) is 0 Å². The van der Waals surface area contributed by atoms with Crippen molar-refractivity contribution < 1.29 is 45.4 Å². The standard InChI is InChI=1S/C29H32F3N5O7S/c1-5-42-23-14-18(10-13-21(23)43-16(2)3)25(27(38)36-37-45(40,41)24-9-7-6-8-17(24)4)35-19-11-12-20(26(33)34)22(15-19)44-28(39)29(30,31)32/h6-16,25,35,37H,5H2,1-4H3,(H3,33,34)(H,36,38). The average Bonchev–Trinajstić information content (AvgIpc) is 2.95. The van der Waals surface area contributed by atoms with E-state index in [4.69, 9.17) is 20.6 Å². The van der Waals surface area contributed by atoms with Gasteiger partial charge in [-0.1, -0.05) is 24.3 Å². The van der Waals surface area contributed by atoms with E-state index >= 15 is 0 Å². The van der Waals surface area contributed by atoms with Crippen LogP contribution in [0.15, 0.2) is 65.6 Å². The maximum absolute atomic E-state index is 13.6. The Morgan fingerprint density at radius 3 is 2.29 bits per heavy atom. The van der Waals surface area contributed by atoms with E-state index in [0.717, 1.165) is 12.1 Å². The predicted octanol–water partition coefficient (Wildman–Crippen LogP) is 4.10. The predicted molar refractivity (Wildman–Crippen MR) is 159 cm³/mol. The zero-order chi connectivity index (χ0) is 33.5. The SMILES string of the molecule is CCOc1cc(C(Nc2ccc(C(=N)N)c(OC(=O)C(F)(F)F)c2)C(=O)NNS(=O)(=O)c2ccccc2C)ccc1OC(C)C. The largest absolute Gasteiger partial charge is 0.491 e. The normalized spacial score (nSPS) is 12.3. The second-order valence-electron chi connectivity index (χ2n) is 9.76. The molecule has 0 fully saturated rings. The third-order valence-corrected chi connectivity index (χ3v) is 7.34. The molecule has 0 aromatic heterocycles. The van der Waals surface area contributed by atoms with Crippen LogP contribution in [0.5, 0.6) is 17.2 Å². The van der Waals surface area contributed by atoms with Gasteiger partial charge < -0.3 is 25.3 Å². The van der Waals surface area contributed by atoms with Crippen LogP contribution in [0.25, 0.3) is 0 Å². The molecule has 1 atom stereocenters. The fourth-order valence-electron chi connectivity index (χ4n) is 3.97. The van der Waals surface area contributed by atoms with Crippen LogP contribution in [0.1, 0.15) is 43.5 Å². The summed E-state index contributed by atoms with van der Waals surface area (Å²) in [6.45, 7) is 7.14. The number of benzene rings is 3. The van der Waals surface area contributed by atoms with Crippen molar-refractivity contribution in [2.45, 2.75) is 50.9 Å². The Morgan fingerprint density at radius 1 is 1.00 bits per heavy atom. The van der Waals surface area contributed by atoms with E-state index in [9.17, 15) is 31.2 Å². The molecule has 3 rings (SSSR count). The first-order valence-electron chi connectivity index (χ1n) is 13.4. The molecule has 6 N–H and O–H groups in total. The number of amides is 1. The lowest BCUT2D eigenvalue weighted by Crippen LogP contribution is -2.45. The van der Waals surface area contributed by atoms with Crippen molar-refractivity contribution in [2.24, 2.45) is 5.73 Å². The van der Waals surface area contributed by atoms with Gasteiger partial charge in [0.15, 0.2) is 11.5 Å². The number of carbonyl (C=O) groups excluding carboxylic acids is 2. The highest BCUT2D eigenvalue weighted by molar-refractivity contribution is 7.89. The third kappa shape index (κ3) is 9.09. The minimum Gasteiger partial charge on any atom is -0.490 e. The van der Waals surface area contributed by atoms with Crippen molar-refractivity contribution in [1.82, 2.24) is 10.3 Å². The highest BCUT2D eigenvalue weighted by atomic mass is 32.2. The second-order valence-corrected chi connectivity index (χ2v) is 11.4. The molecule has 242 valence electrons. The van der Waals surface area contributed by atoms with Gasteiger partial charge in [0.2, 0.25) is 0 Å². The van der Waals surface area contributed by atoms with Gasteiger partial charge in [0.1, 0.15) is 17.6 Å². The lowest BCUT2D eigenvalue weighted by atomic mass is 10.0. The van der Waals surface area contributed by atoms with Crippen molar-refractivity contribution in [3.05, 3.63) is 77.4 Å². The molecule has 12 nitrogen and oxygen atoms in total. The lowest BCUT2D eigenvalue weighted by molar-refractivity contribution is -0.189. The van der Waals surface area contributed by atoms with E-state index in [2.05, 4.69) is 15.5 Å². The number of alkyl halides is 3. The van der Waals surface area contributed by atoms with Crippen molar-refractivity contribution in [3.63, 3.8) is 0 Å². The smallest absolute Gasteiger partial charge is 0.490 e. The number of nitrogens with two attached hydrogens (primary N) is 1. The van der Waals surface area contributed by atoms with Gasteiger partial charge in [0, 0.05) is 11.8 Å². The molecule has 0 saturated heterocycles. The second kappa shape index (κ2) is 14.3. The minimum atomic E-state index is -5.34. The maximum atomic E-state index is 13.6. The summed E-state index contributed by atoms with van der Waals surface area (Å²) < 4.78 is 80.6. The highest BCUT2D eigenvalue weighted by Crippen LogP contribution is 2.34. The molecular weight excluding hydrogens is 619 g/mol. The Bertz CT molecular complexity index is 1680. The van der Waals surface area contributed by atoms with Crippen LogP contribution in [-0.4, -0.2) is 45.0 Å². The number of ether oxygens (including phenoxy) is 3. The van der Waals surface area contributed by atoms with Crippen LogP contribution in [0.3, 0.4) is 0 Å². The first kappa shape index (κ1) is 34.7. The molecule has 0 aliphatic carbocycles. The first-order valence-corrected chi connectivity index (χ1v) is 14.9. The zero-order valence-electron chi connectivity index (χ0n) is 24.6. The average molecular weight is 652 g/mol.